The van der Waals surface area contributed by atoms with Crippen molar-refractivity contribution in [3.63, 3.8) is 0 Å². The first-order valence-corrected chi connectivity index (χ1v) is 16.3. The number of tetrazole rings is 1. The number of carboxylic acids is 1. The first-order chi connectivity index (χ1) is 22.9. The molecule has 1 unspecified atom stereocenters. The van der Waals surface area contributed by atoms with E-state index in [0.29, 0.717) is 22.2 Å². The molecular weight excluding hydrogens is 670 g/mol. The Balaban J connectivity index is 1.48. The summed E-state index contributed by atoms with van der Waals surface area (Å²) in [6.45, 7) is 2.41. The number of aromatic amines is 1. The zero-order chi connectivity index (χ0) is 34.7. The van der Waals surface area contributed by atoms with E-state index >= 15 is 0 Å². The van der Waals surface area contributed by atoms with Crippen LogP contribution in [0.2, 0.25) is 0 Å². The maximum Gasteiger partial charge on any atom is 0.352 e. The van der Waals surface area contributed by atoms with Crippen LogP contribution in [-0.4, -0.2) is 105 Å². The quantitative estimate of drug-likeness (QED) is 0.0775. The van der Waals surface area contributed by atoms with E-state index in [9.17, 15) is 34.2 Å². The number of aromatic hydroxyl groups is 1. The summed E-state index contributed by atoms with van der Waals surface area (Å²) in [7, 11) is 2.80. The van der Waals surface area contributed by atoms with Gasteiger partial charge < -0.3 is 31.3 Å². The summed E-state index contributed by atoms with van der Waals surface area (Å²) in [6, 6.07) is 2.30. The highest BCUT2D eigenvalue weighted by Gasteiger charge is 2.67. The number of aliphatic carboxylic acids is 1. The number of phenolic OH excluding ortho intramolecular Hbond substituents is 1. The molecule has 0 bridgehead atoms. The molecule has 2 aliphatic heterocycles. The molecule has 0 spiro atoms. The number of carbonyl (C=O) groups excluding carboxylic acids is 3. The van der Waals surface area contributed by atoms with Crippen LogP contribution in [0, 0.1) is 0 Å². The van der Waals surface area contributed by atoms with E-state index in [1.807, 2.05) is 6.92 Å². The third-order valence-electron chi connectivity index (χ3n) is 7.44. The number of methoxy groups -OCH3 is 1. The number of hydrogen-bond donors (Lipinski definition) is 6. The van der Waals surface area contributed by atoms with Gasteiger partial charge >= 0.3 is 12.0 Å². The smallest absolute Gasteiger partial charge is 0.352 e. The number of amides is 4. The third-order valence-corrected chi connectivity index (χ3v) is 9.91. The van der Waals surface area contributed by atoms with E-state index < -0.39 is 46.5 Å². The fourth-order valence-corrected chi connectivity index (χ4v) is 7.58. The van der Waals surface area contributed by atoms with Crippen LogP contribution in [0.3, 0.4) is 0 Å². The summed E-state index contributed by atoms with van der Waals surface area (Å²) in [5.41, 5.74) is 2.76. The number of rotatable bonds is 13. The minimum absolute atomic E-state index is 0.103. The molecule has 4 amide bonds. The van der Waals surface area contributed by atoms with Gasteiger partial charge in [0.1, 0.15) is 28.5 Å². The summed E-state index contributed by atoms with van der Waals surface area (Å²) in [6.07, 6.45) is 1.81. The highest BCUT2D eigenvalue weighted by Crippen LogP contribution is 2.47. The van der Waals surface area contributed by atoms with E-state index in [1.165, 1.54) is 47.8 Å². The summed E-state index contributed by atoms with van der Waals surface area (Å²) in [5.74, 6) is -2.94. The van der Waals surface area contributed by atoms with Crippen LogP contribution < -0.4 is 26.8 Å². The van der Waals surface area contributed by atoms with Crippen molar-refractivity contribution in [2.24, 2.45) is 12.8 Å². The van der Waals surface area contributed by atoms with Crippen molar-refractivity contribution in [2.45, 2.75) is 35.6 Å². The number of ether oxygens (including phenoxy) is 1. The maximum absolute atomic E-state index is 14.2. The van der Waals surface area contributed by atoms with E-state index in [-0.39, 0.29) is 40.2 Å². The Morgan fingerprint density at radius 2 is 2.02 bits per heavy atom. The second-order valence-corrected chi connectivity index (χ2v) is 12.5. The molecule has 21 heteroatoms. The summed E-state index contributed by atoms with van der Waals surface area (Å²) in [4.78, 5) is 75.0. The molecule has 7 N–H and O–H groups in total. The number of fused-ring (bicyclic) bond motifs is 1. The number of thioether (sulfide) groups is 2. The molecule has 1 aromatic carbocycles. The number of carbonyl (C=O) groups is 4. The van der Waals surface area contributed by atoms with Crippen LogP contribution in [-0.2, 0) is 26.2 Å². The summed E-state index contributed by atoms with van der Waals surface area (Å²) >= 11 is 2.34. The van der Waals surface area contributed by atoms with E-state index in [1.54, 1.807) is 7.05 Å². The second kappa shape index (κ2) is 13.9. The number of anilines is 2. The normalized spacial score (nSPS) is 19.3. The van der Waals surface area contributed by atoms with Crippen LogP contribution >= 0.6 is 23.5 Å². The molecule has 5 rings (SSSR count). The van der Waals surface area contributed by atoms with Gasteiger partial charge in [-0.1, -0.05) is 30.8 Å². The number of carboxylic acid groups (broad SMARTS) is 1. The molecule has 2 aliphatic rings. The van der Waals surface area contributed by atoms with Crippen molar-refractivity contribution in [3.8, 4) is 5.75 Å². The predicted molar refractivity (Wildman–Crippen MR) is 172 cm³/mol. The van der Waals surface area contributed by atoms with Crippen LogP contribution in [0.4, 0.5) is 16.4 Å². The van der Waals surface area contributed by atoms with Gasteiger partial charge in [0.15, 0.2) is 0 Å². The van der Waals surface area contributed by atoms with Gasteiger partial charge in [-0.3, -0.25) is 29.2 Å². The highest BCUT2D eigenvalue weighted by atomic mass is 32.2. The number of H-pyrrole nitrogens is 1. The van der Waals surface area contributed by atoms with Crippen molar-refractivity contribution in [2.75, 3.05) is 35.4 Å². The maximum atomic E-state index is 14.2. The van der Waals surface area contributed by atoms with Crippen molar-refractivity contribution in [1.82, 2.24) is 40.4 Å². The minimum Gasteiger partial charge on any atom is -0.508 e. The Bertz CT molecular complexity index is 1830. The molecule has 0 aliphatic carbocycles. The van der Waals surface area contributed by atoms with E-state index in [4.69, 9.17) is 10.5 Å². The molecule has 4 heterocycles. The average molecular weight is 702 g/mol. The third kappa shape index (κ3) is 6.25. The lowest BCUT2D eigenvalue weighted by molar-refractivity contribution is -0.192. The molecule has 2 aromatic heterocycles. The van der Waals surface area contributed by atoms with Crippen molar-refractivity contribution in [1.29, 1.82) is 0 Å². The van der Waals surface area contributed by atoms with Crippen LogP contribution in [0.1, 0.15) is 24.9 Å². The Hall–Kier alpha value is -5.15. The molecule has 0 saturated carbocycles. The summed E-state index contributed by atoms with van der Waals surface area (Å²) in [5, 5.41) is 36.1. The Morgan fingerprint density at radius 3 is 2.60 bits per heavy atom. The van der Waals surface area contributed by atoms with E-state index in [2.05, 4.69) is 36.1 Å². The molecule has 19 nitrogen and oxygen atoms in total. The Kier molecular flexibility index (Phi) is 9.91. The number of primary amides is 1. The van der Waals surface area contributed by atoms with Crippen LogP contribution in [0.5, 0.6) is 5.75 Å². The number of urea groups is 1. The average Bonchev–Trinajstić information content (AvgIpc) is 3.48. The number of benzene rings is 1. The minimum atomic E-state index is -2.06. The van der Waals surface area contributed by atoms with Gasteiger partial charge in [-0.15, -0.1) is 16.9 Å². The number of hydrogen-bond acceptors (Lipinski definition) is 14. The van der Waals surface area contributed by atoms with Gasteiger partial charge in [0.2, 0.25) is 11.1 Å². The summed E-state index contributed by atoms with van der Waals surface area (Å²) < 4.78 is 7.02. The van der Waals surface area contributed by atoms with Gasteiger partial charge in [-0.25, -0.2) is 19.3 Å². The molecule has 48 heavy (non-hydrogen) atoms. The lowest BCUT2D eigenvalue weighted by Gasteiger charge is -2.56. The molecule has 3 atom stereocenters. The Labute approximate surface area is 280 Å². The van der Waals surface area contributed by atoms with Crippen molar-refractivity contribution < 1.29 is 34.1 Å². The van der Waals surface area contributed by atoms with Crippen LogP contribution in [0.25, 0.3) is 0 Å². The van der Waals surface area contributed by atoms with Crippen molar-refractivity contribution >= 4 is 59.0 Å². The van der Waals surface area contributed by atoms with Crippen molar-refractivity contribution in [3.05, 3.63) is 57.6 Å². The molecule has 3 aromatic rings. The molecule has 1 saturated heterocycles. The zero-order valence-electron chi connectivity index (χ0n) is 25.7. The number of phenols is 1. The number of aromatic nitrogens is 6. The topological polar surface area (TPSA) is 264 Å². The lowest BCUT2D eigenvalue weighted by atomic mass is 9.96. The fraction of sp³-hybridized carbons (Fsp3) is 0.370. The monoisotopic (exact) mass is 701 g/mol. The molecule has 254 valence electrons. The standard InChI is InChI=1S/C27H31N11O8S2/c1-4-9-29-25-30-10-16(19(40)31-25)37(24(28)45)17(13-5-7-15(39)8-6-13)20(41)32-27(46-3)22(44)38-18(21(42)43)14(11-47-23(27)38)12-48-26-33-34-35-36(26)2/h5-8,10,17,23,39H,4,9,11-12H2,1-3H3,(H2,28,45)(H,32,41)(H,42,43)(H2,29,30,31,40)/t17?,23-,27+/m1/s1. The number of nitrogens with one attached hydrogen (secondary N) is 3. The van der Waals surface area contributed by atoms with Gasteiger partial charge in [-0.05, 0) is 40.1 Å². The Morgan fingerprint density at radius 1 is 1.29 bits per heavy atom. The fourth-order valence-electron chi connectivity index (χ4n) is 5.15. The number of aryl methyl sites for hydroxylation is 1. The number of nitrogens with two attached hydrogens (primary N) is 1. The first-order valence-electron chi connectivity index (χ1n) is 14.3. The van der Waals surface area contributed by atoms with Gasteiger partial charge in [0.25, 0.3) is 23.1 Å². The zero-order valence-corrected chi connectivity index (χ0v) is 27.4. The van der Waals surface area contributed by atoms with Gasteiger partial charge in [0.05, 0.1) is 6.20 Å². The van der Waals surface area contributed by atoms with Gasteiger partial charge in [-0.2, -0.15) is 0 Å². The second-order valence-electron chi connectivity index (χ2n) is 10.5. The molecule has 1 fully saturated rings. The van der Waals surface area contributed by atoms with Crippen LogP contribution in [0.15, 0.2) is 51.7 Å². The predicted octanol–water partition coefficient (Wildman–Crippen LogP) is -0.0477. The lowest BCUT2D eigenvalue weighted by Crippen LogP contribution is -2.81. The largest absolute Gasteiger partial charge is 0.508 e. The number of β-lactam (4-membered cyclic amide) rings is 1. The number of nitrogens with zero attached hydrogens (tertiary/aromatic N) is 7. The van der Waals surface area contributed by atoms with Gasteiger partial charge in [0, 0.05) is 32.2 Å². The SMILES string of the molecule is CCCNc1ncc(N(C(N)=O)C(C(=O)N[C@]2(OC)C(=O)N3C(C(=O)O)=C(CSc4nnnn4C)CS[C@@H]32)c2ccc(O)cc2)c(=O)[nH]1. The molecule has 0 radical (unpaired) electrons. The molecular formula is C27H31N11O8S2. The first kappa shape index (κ1) is 34.2. The highest BCUT2D eigenvalue weighted by molar-refractivity contribution is 8.01. The van der Waals surface area contributed by atoms with E-state index in [0.717, 1.165) is 29.3 Å².